The van der Waals surface area contributed by atoms with Gasteiger partial charge in [-0.2, -0.15) is 0 Å². The number of phenolic OH excluding ortho intramolecular Hbond substituents is 1. The van der Waals surface area contributed by atoms with Gasteiger partial charge in [0, 0.05) is 23.4 Å². The van der Waals surface area contributed by atoms with Crippen LogP contribution in [0.2, 0.25) is 0 Å². The third-order valence-corrected chi connectivity index (χ3v) is 4.56. The Hall–Kier alpha value is -4.08. The number of carboxylic acid groups (broad SMARTS) is 1. The minimum absolute atomic E-state index is 0.0986. The largest absolute Gasteiger partial charge is 0.508 e. The summed E-state index contributed by atoms with van der Waals surface area (Å²) in [6.45, 7) is 0. The van der Waals surface area contributed by atoms with Crippen molar-refractivity contribution >= 4 is 23.4 Å². The summed E-state index contributed by atoms with van der Waals surface area (Å²) in [5, 5.41) is 28.0. The van der Waals surface area contributed by atoms with Crippen molar-refractivity contribution in [1.82, 2.24) is 14.6 Å². The quantitative estimate of drug-likeness (QED) is 0.419. The Morgan fingerprint density at radius 3 is 2.93 bits per heavy atom. The zero-order valence-corrected chi connectivity index (χ0v) is 14.0. The molecule has 140 valence electrons. The normalized spacial score (nSPS) is 15.0. The molecule has 1 amide bonds. The molecule has 4 heterocycles. The maximum Gasteiger partial charge on any atom is 0.411 e. The first-order chi connectivity index (χ1) is 13.5. The lowest BCUT2D eigenvalue weighted by Crippen LogP contribution is -2.13. The number of anilines is 2. The minimum Gasteiger partial charge on any atom is -0.508 e. The van der Waals surface area contributed by atoms with Gasteiger partial charge in [-0.05, 0) is 18.2 Å². The molecule has 9 nitrogen and oxygen atoms in total. The first kappa shape index (κ1) is 16.1. The first-order valence-electron chi connectivity index (χ1n) is 8.23. The first-order valence-corrected chi connectivity index (χ1v) is 8.23. The molecule has 1 aliphatic rings. The average Bonchev–Trinajstić information content (AvgIpc) is 3.23. The molecule has 4 N–H and O–H groups in total. The zero-order valence-electron chi connectivity index (χ0n) is 14.0. The summed E-state index contributed by atoms with van der Waals surface area (Å²) in [7, 11) is 0. The van der Waals surface area contributed by atoms with Gasteiger partial charge in [-0.15, -0.1) is 5.10 Å². The van der Waals surface area contributed by atoms with E-state index in [4.69, 9.17) is 9.52 Å². The highest BCUT2D eigenvalue weighted by Gasteiger charge is 2.30. The van der Waals surface area contributed by atoms with Crippen LogP contribution in [0.5, 0.6) is 5.75 Å². The van der Waals surface area contributed by atoms with Crippen molar-refractivity contribution < 1.29 is 23.8 Å². The smallest absolute Gasteiger partial charge is 0.411 e. The molecule has 1 aliphatic heterocycles. The van der Waals surface area contributed by atoms with Crippen LogP contribution in [0.15, 0.2) is 47.2 Å². The van der Waals surface area contributed by atoms with Gasteiger partial charge in [0.2, 0.25) is 5.88 Å². The highest BCUT2D eigenvalue weighted by molar-refractivity contribution is 5.89. The predicted molar refractivity (Wildman–Crippen MR) is 95.9 cm³/mol. The van der Waals surface area contributed by atoms with Gasteiger partial charge in [0.25, 0.3) is 5.95 Å². The number of hydrogen-bond acceptors (Lipinski definition) is 6. The Labute approximate surface area is 156 Å². The summed E-state index contributed by atoms with van der Waals surface area (Å²) in [5.41, 5.74) is 2.59. The monoisotopic (exact) mass is 381 g/mol. The summed E-state index contributed by atoms with van der Waals surface area (Å²) in [6, 6.07) is 6.71. The lowest BCUT2D eigenvalue weighted by Gasteiger charge is -2.18. The van der Waals surface area contributed by atoms with E-state index in [0.29, 0.717) is 33.8 Å². The van der Waals surface area contributed by atoms with Gasteiger partial charge in [0.1, 0.15) is 17.3 Å². The number of amides is 1. The Morgan fingerprint density at radius 1 is 1.29 bits per heavy atom. The number of benzene rings is 1. The van der Waals surface area contributed by atoms with Crippen LogP contribution < -0.4 is 10.6 Å². The van der Waals surface area contributed by atoms with Crippen molar-refractivity contribution in [2.24, 2.45) is 0 Å². The molecule has 10 heteroatoms. The number of aromatic hydroxyl groups is 1. The zero-order chi connectivity index (χ0) is 19.4. The van der Waals surface area contributed by atoms with Crippen LogP contribution in [0.4, 0.5) is 21.0 Å². The fourth-order valence-electron chi connectivity index (χ4n) is 3.43. The number of fused-ring (bicyclic) bond motifs is 2. The lowest BCUT2D eigenvalue weighted by molar-refractivity contribution is 0.209. The summed E-state index contributed by atoms with van der Waals surface area (Å²) in [5.74, 6) is -0.503. The fourth-order valence-corrected chi connectivity index (χ4v) is 3.43. The fraction of sp³-hybridized carbons (Fsp3) is 0.0556. The van der Waals surface area contributed by atoms with Gasteiger partial charge in [-0.25, -0.2) is 18.7 Å². The van der Waals surface area contributed by atoms with Gasteiger partial charge in [-0.3, -0.25) is 5.32 Å². The number of nitrogens with zero attached hydrogens (tertiary/aromatic N) is 3. The number of rotatable bonds is 2. The highest BCUT2D eigenvalue weighted by Crippen LogP contribution is 2.43. The van der Waals surface area contributed by atoms with Gasteiger partial charge < -0.3 is 19.9 Å². The second-order valence-corrected chi connectivity index (χ2v) is 6.22. The van der Waals surface area contributed by atoms with Gasteiger partial charge >= 0.3 is 6.09 Å². The SMILES string of the molecule is O=C(O)Nc1nc2c3c(ccn3n1)C(c1ccc(O)cc1F)Nc1occc1-2. The molecule has 5 rings (SSSR count). The summed E-state index contributed by atoms with van der Waals surface area (Å²) >= 11 is 0. The van der Waals surface area contributed by atoms with Crippen LogP contribution in [0.25, 0.3) is 16.8 Å². The van der Waals surface area contributed by atoms with Crippen LogP contribution in [-0.4, -0.2) is 30.9 Å². The van der Waals surface area contributed by atoms with E-state index in [0.717, 1.165) is 6.07 Å². The molecule has 0 bridgehead atoms. The second-order valence-electron chi connectivity index (χ2n) is 6.22. The molecule has 28 heavy (non-hydrogen) atoms. The van der Waals surface area contributed by atoms with E-state index in [1.165, 1.54) is 22.9 Å². The summed E-state index contributed by atoms with van der Waals surface area (Å²) in [4.78, 5) is 15.3. The van der Waals surface area contributed by atoms with Crippen LogP contribution in [0.1, 0.15) is 17.2 Å². The van der Waals surface area contributed by atoms with Gasteiger partial charge in [-0.1, -0.05) is 6.07 Å². The molecule has 0 spiro atoms. The maximum atomic E-state index is 14.6. The number of aromatic nitrogens is 3. The summed E-state index contributed by atoms with van der Waals surface area (Å²) in [6.07, 6.45) is 1.81. The van der Waals surface area contributed by atoms with Crippen LogP contribution in [-0.2, 0) is 0 Å². The number of carbonyl (C=O) groups is 1. The number of furan rings is 1. The van der Waals surface area contributed by atoms with Crippen molar-refractivity contribution in [3.8, 4) is 17.0 Å². The second kappa shape index (κ2) is 5.71. The molecule has 0 fully saturated rings. The van der Waals surface area contributed by atoms with E-state index in [9.17, 15) is 14.3 Å². The molecule has 1 unspecified atom stereocenters. The molecule has 0 aliphatic carbocycles. The number of phenols is 1. The highest BCUT2D eigenvalue weighted by atomic mass is 19.1. The molecule has 3 aromatic heterocycles. The van der Waals surface area contributed by atoms with Crippen LogP contribution in [0, 0.1) is 5.82 Å². The van der Waals surface area contributed by atoms with Crippen molar-refractivity contribution in [2.75, 3.05) is 10.6 Å². The molecule has 4 aromatic rings. The molecule has 0 radical (unpaired) electrons. The molecule has 0 saturated heterocycles. The molecular formula is C18H12FN5O4. The number of halogens is 1. The van der Waals surface area contributed by atoms with Crippen molar-refractivity contribution in [3.05, 3.63) is 59.7 Å². The van der Waals surface area contributed by atoms with Crippen molar-refractivity contribution in [2.45, 2.75) is 6.04 Å². The third kappa shape index (κ3) is 2.35. The average molecular weight is 381 g/mol. The van der Waals surface area contributed by atoms with Crippen molar-refractivity contribution in [1.29, 1.82) is 0 Å². The van der Waals surface area contributed by atoms with E-state index in [1.807, 2.05) is 0 Å². The van der Waals surface area contributed by atoms with E-state index in [1.54, 1.807) is 18.3 Å². The van der Waals surface area contributed by atoms with Crippen molar-refractivity contribution in [3.63, 3.8) is 0 Å². The van der Waals surface area contributed by atoms with E-state index in [-0.39, 0.29) is 11.7 Å². The standard InChI is InChI=1S/C18H12FN5O4/c19-12-7-8(25)1-2-9(12)13-10-3-5-24-15(10)14(11-4-6-28-16(11)20-13)21-17(23-24)22-18(26)27/h1-7,13,20,25H,(H,22,23)(H,26,27). The molecule has 1 aromatic carbocycles. The van der Waals surface area contributed by atoms with Gasteiger partial charge in [0.05, 0.1) is 23.4 Å². The Bertz CT molecular complexity index is 1250. The summed E-state index contributed by atoms with van der Waals surface area (Å²) < 4.78 is 21.6. The molecule has 1 atom stereocenters. The Balaban J connectivity index is 1.79. The number of nitrogens with one attached hydrogen (secondary N) is 2. The number of hydrogen-bond donors (Lipinski definition) is 4. The maximum absolute atomic E-state index is 14.6. The van der Waals surface area contributed by atoms with E-state index in [2.05, 4.69) is 20.7 Å². The third-order valence-electron chi connectivity index (χ3n) is 4.56. The minimum atomic E-state index is -1.29. The van der Waals surface area contributed by atoms with Gasteiger partial charge in [0.15, 0.2) is 0 Å². The Morgan fingerprint density at radius 2 is 2.14 bits per heavy atom. The van der Waals surface area contributed by atoms with E-state index < -0.39 is 18.0 Å². The Kier molecular flexibility index (Phi) is 3.29. The predicted octanol–water partition coefficient (Wildman–Crippen LogP) is 3.44. The molecular weight excluding hydrogens is 369 g/mol. The molecule has 0 saturated carbocycles. The van der Waals surface area contributed by atoms with Crippen LogP contribution >= 0.6 is 0 Å². The van der Waals surface area contributed by atoms with E-state index >= 15 is 0 Å². The van der Waals surface area contributed by atoms with Crippen LogP contribution in [0.3, 0.4) is 0 Å². The lowest BCUT2D eigenvalue weighted by atomic mass is 9.99. The topological polar surface area (TPSA) is 125 Å².